The van der Waals surface area contributed by atoms with Gasteiger partial charge in [-0.3, -0.25) is 19.2 Å². The fourth-order valence-corrected chi connectivity index (χ4v) is 7.69. The van der Waals surface area contributed by atoms with Gasteiger partial charge < -0.3 is 40.4 Å². The van der Waals surface area contributed by atoms with Crippen LogP contribution in [0, 0.1) is 13.8 Å². The number of amides is 4. The van der Waals surface area contributed by atoms with E-state index in [-0.39, 0.29) is 93.2 Å². The number of carbonyl (C=O) groups is 4. The van der Waals surface area contributed by atoms with Crippen LogP contribution in [0.25, 0.3) is 0 Å². The number of ether oxygens (including phenoxy) is 3. The average molecular weight is 1180 g/mol. The summed E-state index contributed by atoms with van der Waals surface area (Å²) in [6.45, 7) is 6.32. The lowest BCUT2D eigenvalue weighted by Crippen LogP contribution is -2.22. The highest BCUT2D eigenvalue weighted by Gasteiger charge is 2.36. The van der Waals surface area contributed by atoms with E-state index in [9.17, 15) is 71.9 Å². The molecule has 0 radical (unpaired) electrons. The van der Waals surface area contributed by atoms with Crippen LogP contribution in [0.3, 0.4) is 0 Å². The van der Waals surface area contributed by atoms with Crippen molar-refractivity contribution < 1.29 is 86.1 Å². The third kappa shape index (κ3) is 16.9. The minimum Gasteiger partial charge on any atom is -0.493 e. The topological polar surface area (TPSA) is 147 Å². The summed E-state index contributed by atoms with van der Waals surface area (Å²) in [5.41, 5.74) is -5.20. The summed E-state index contributed by atoms with van der Waals surface area (Å²) in [5.74, 6) is -3.64. The van der Waals surface area contributed by atoms with Crippen LogP contribution in [0.4, 0.5) is 75.4 Å². The lowest BCUT2D eigenvalue weighted by Gasteiger charge is -2.19. The first-order valence-electron chi connectivity index (χ1n) is 23.4. The largest absolute Gasteiger partial charge is 0.493 e. The minimum atomic E-state index is -4.76. The Bertz CT molecular complexity index is 3260. The normalized spacial score (nSPS) is 11.8. The summed E-state index contributed by atoms with van der Waals surface area (Å²) in [6, 6.07) is 18.4. The lowest BCUT2D eigenvalue weighted by molar-refractivity contribution is -0.138. The number of anilines is 4. The van der Waals surface area contributed by atoms with Gasteiger partial charge in [-0.15, -0.1) is 0 Å². The summed E-state index contributed by atoms with van der Waals surface area (Å²) >= 11 is 11.3. The molecule has 0 aromatic heterocycles. The van der Waals surface area contributed by atoms with E-state index < -0.39 is 80.6 Å². The molecular formula is C54H47Cl2F12N5O7. The molecule has 0 saturated carbocycles. The van der Waals surface area contributed by atoms with Crippen LogP contribution in [-0.2, 0) is 24.7 Å². The Hall–Kier alpha value is -7.70. The van der Waals surface area contributed by atoms with E-state index in [1.54, 1.807) is 32.8 Å². The summed E-state index contributed by atoms with van der Waals surface area (Å²) < 4.78 is 176. The summed E-state index contributed by atoms with van der Waals surface area (Å²) in [5, 5.41) is 8.39. The molecule has 0 atom stereocenters. The Labute approximate surface area is 459 Å². The van der Waals surface area contributed by atoms with Gasteiger partial charge >= 0.3 is 24.7 Å². The number of nitrogens with zero attached hydrogens (tertiary/aromatic N) is 1. The zero-order chi connectivity index (χ0) is 59.7. The Kier molecular flexibility index (Phi) is 20.6. The molecule has 0 aliphatic heterocycles. The van der Waals surface area contributed by atoms with Crippen LogP contribution in [0.15, 0.2) is 103 Å². The Morgan fingerprint density at radius 2 is 0.812 bits per heavy atom. The second-order valence-electron chi connectivity index (χ2n) is 17.3. The van der Waals surface area contributed by atoms with E-state index >= 15 is 0 Å². The molecule has 4 amide bonds. The summed E-state index contributed by atoms with van der Waals surface area (Å²) in [4.78, 5) is 53.8. The number of likely N-dealkylation sites (N-methyl/N-ethyl adjacent to an activating group) is 1. The van der Waals surface area contributed by atoms with Crippen molar-refractivity contribution in [3.63, 3.8) is 0 Å². The SMILES string of the molecule is CCOc1cc(C(=O)Nc2ccc(Cl)c(C(F)(F)F)c2)cc(OCCN(C)C)c1C(=O)Nc1ccc(C)c(C(F)(F)F)c1.CCOc1cc(C(=O)Nc2ccc(Cl)c(C(F)(F)F)c2)ccc1C(=O)Nc1ccc(C)c(C(F)(F)F)c1. The van der Waals surface area contributed by atoms with Gasteiger partial charge in [0.25, 0.3) is 23.6 Å². The van der Waals surface area contributed by atoms with Gasteiger partial charge in [-0.05, 0) is 144 Å². The summed E-state index contributed by atoms with van der Waals surface area (Å²) in [6.07, 6.45) is -18.8. The Morgan fingerprint density at radius 3 is 1.24 bits per heavy atom. The number of halogens is 14. The third-order valence-electron chi connectivity index (χ3n) is 11.1. The highest BCUT2D eigenvalue weighted by molar-refractivity contribution is 6.32. The quantitative estimate of drug-likeness (QED) is 0.0701. The van der Waals surface area contributed by atoms with E-state index in [0.29, 0.717) is 18.7 Å². The molecule has 6 rings (SSSR count). The Balaban J connectivity index is 0.000000297. The molecule has 6 aromatic rings. The second-order valence-corrected chi connectivity index (χ2v) is 18.1. The first-order chi connectivity index (χ1) is 37.2. The molecule has 12 nitrogen and oxygen atoms in total. The number of nitrogens with one attached hydrogen (secondary N) is 4. The maximum absolute atomic E-state index is 13.4. The summed E-state index contributed by atoms with van der Waals surface area (Å²) in [7, 11) is 3.53. The first kappa shape index (κ1) is 63.1. The highest BCUT2D eigenvalue weighted by atomic mass is 35.5. The molecule has 0 bridgehead atoms. The Morgan fingerprint density at radius 1 is 0.450 bits per heavy atom. The van der Waals surface area contributed by atoms with Crippen molar-refractivity contribution in [2.45, 2.75) is 52.4 Å². The maximum Gasteiger partial charge on any atom is 0.417 e. The maximum atomic E-state index is 13.4. The molecule has 4 N–H and O–H groups in total. The van der Waals surface area contributed by atoms with Crippen LogP contribution in [0.1, 0.15) is 88.7 Å². The van der Waals surface area contributed by atoms with Gasteiger partial charge in [0.15, 0.2) is 0 Å². The number of alkyl halides is 12. The van der Waals surface area contributed by atoms with Gasteiger partial charge in [0.1, 0.15) is 29.4 Å². The van der Waals surface area contributed by atoms with Gasteiger partial charge in [-0.25, -0.2) is 0 Å². The van der Waals surface area contributed by atoms with Crippen molar-refractivity contribution in [2.24, 2.45) is 0 Å². The molecule has 428 valence electrons. The third-order valence-corrected chi connectivity index (χ3v) is 11.8. The molecule has 80 heavy (non-hydrogen) atoms. The number of carbonyl (C=O) groups excluding carboxylic acids is 4. The second kappa shape index (κ2) is 26.1. The zero-order valence-corrected chi connectivity index (χ0v) is 44.3. The number of hydrogen-bond acceptors (Lipinski definition) is 8. The van der Waals surface area contributed by atoms with Gasteiger partial charge in [0, 0.05) is 40.4 Å². The molecule has 0 heterocycles. The van der Waals surface area contributed by atoms with Gasteiger partial charge in [-0.1, -0.05) is 35.3 Å². The number of hydrogen-bond donors (Lipinski definition) is 4. The number of rotatable bonds is 16. The highest BCUT2D eigenvalue weighted by Crippen LogP contribution is 2.40. The van der Waals surface area contributed by atoms with Crippen molar-refractivity contribution in [3.05, 3.63) is 169 Å². The number of benzene rings is 6. The number of aryl methyl sites for hydroxylation is 2. The van der Waals surface area contributed by atoms with Crippen molar-refractivity contribution >= 4 is 69.6 Å². The van der Waals surface area contributed by atoms with Gasteiger partial charge in [0.2, 0.25) is 0 Å². The smallest absolute Gasteiger partial charge is 0.417 e. The van der Waals surface area contributed by atoms with Crippen LogP contribution < -0.4 is 35.5 Å². The van der Waals surface area contributed by atoms with Crippen LogP contribution in [-0.4, -0.2) is 69.0 Å². The van der Waals surface area contributed by atoms with Crippen LogP contribution >= 0.6 is 23.2 Å². The van der Waals surface area contributed by atoms with Gasteiger partial charge in [-0.2, -0.15) is 52.7 Å². The lowest BCUT2D eigenvalue weighted by atomic mass is 10.1. The first-order valence-corrected chi connectivity index (χ1v) is 24.2. The van der Waals surface area contributed by atoms with E-state index in [4.69, 9.17) is 37.4 Å². The van der Waals surface area contributed by atoms with Crippen molar-refractivity contribution in [1.82, 2.24) is 4.90 Å². The molecule has 0 saturated heterocycles. The molecular weight excluding hydrogens is 1130 g/mol. The molecule has 0 aliphatic rings. The van der Waals surface area contributed by atoms with Crippen LogP contribution in [0.5, 0.6) is 17.2 Å². The van der Waals surface area contributed by atoms with Crippen molar-refractivity contribution in [3.8, 4) is 17.2 Å². The fraction of sp³-hybridized carbons (Fsp3) is 0.259. The van der Waals surface area contributed by atoms with Gasteiger partial charge in [0.05, 0.1) is 51.1 Å². The van der Waals surface area contributed by atoms with Crippen molar-refractivity contribution in [2.75, 3.05) is 61.7 Å². The monoisotopic (exact) mass is 1180 g/mol. The fourth-order valence-electron chi connectivity index (χ4n) is 7.24. The van der Waals surface area contributed by atoms with Crippen LogP contribution in [0.2, 0.25) is 10.0 Å². The minimum absolute atomic E-state index is 0.0149. The predicted octanol–water partition coefficient (Wildman–Crippen LogP) is 15.1. The van der Waals surface area contributed by atoms with E-state index in [0.717, 1.165) is 24.3 Å². The molecule has 0 unspecified atom stereocenters. The average Bonchev–Trinajstić information content (AvgIpc) is 3.36. The van der Waals surface area contributed by atoms with E-state index in [1.807, 2.05) is 0 Å². The van der Waals surface area contributed by atoms with E-state index in [2.05, 4.69) is 21.3 Å². The zero-order valence-electron chi connectivity index (χ0n) is 42.7. The molecule has 0 aliphatic carbocycles. The molecule has 0 fully saturated rings. The van der Waals surface area contributed by atoms with Crippen molar-refractivity contribution in [1.29, 1.82) is 0 Å². The predicted molar refractivity (Wildman–Crippen MR) is 276 cm³/mol. The molecule has 0 spiro atoms. The molecule has 6 aromatic carbocycles. The standard InChI is InChI=1S/C29H28ClF6N3O4.C25H19ClF6N2O3/c1-5-42-23-12-17(26(40)37-19-8-9-22(30)21(15-19)29(34,35)36)13-24(43-11-10-39(3)4)25(23)27(41)38-18-7-6-16(2)20(14-18)28(31,32)33;1-3-37-21-10-14(22(35)33-16-7-9-20(26)19(12-16)25(30,31)32)5-8-17(21)23(36)34-15-6-4-13(2)18(11-15)24(27,28)29/h6-9,12-15H,5,10-11H2,1-4H3,(H,37,40)(H,38,41);4-12H,3H2,1-2H3,(H,33,35)(H,34,36). The molecule has 26 heteroatoms. The van der Waals surface area contributed by atoms with E-state index in [1.165, 1.54) is 80.6 Å².